The van der Waals surface area contributed by atoms with Crippen LogP contribution >= 0.6 is 11.6 Å². The number of rotatable bonds is 7. The molecule has 0 radical (unpaired) electrons. The van der Waals surface area contributed by atoms with Crippen molar-refractivity contribution in [3.8, 4) is 22.8 Å². The van der Waals surface area contributed by atoms with E-state index in [4.69, 9.17) is 25.8 Å². The van der Waals surface area contributed by atoms with Gasteiger partial charge < -0.3 is 28.9 Å². The Morgan fingerprint density at radius 2 is 2.20 bits per heavy atom. The van der Waals surface area contributed by atoms with Gasteiger partial charge in [-0.05, 0) is 6.07 Å². The Morgan fingerprint density at radius 1 is 1.37 bits per heavy atom. The number of nitrogens with zero attached hydrogens (tertiary/aromatic N) is 2. The second kappa shape index (κ2) is 8.21. The van der Waals surface area contributed by atoms with Crippen LogP contribution in [0.25, 0.3) is 11.3 Å². The number of pyridine rings is 1. The zero-order chi connectivity index (χ0) is 21.3. The third-order valence-electron chi connectivity index (χ3n) is 4.65. The monoisotopic (exact) mass is 431 g/mol. The molecule has 1 aliphatic rings. The van der Waals surface area contributed by atoms with E-state index in [-0.39, 0.29) is 5.56 Å². The molecule has 1 aromatic carbocycles. The van der Waals surface area contributed by atoms with E-state index >= 15 is 0 Å². The third kappa shape index (κ3) is 3.64. The second-order valence-electron chi connectivity index (χ2n) is 6.60. The van der Waals surface area contributed by atoms with Crippen LogP contribution in [0, 0.1) is 0 Å². The number of halogens is 1. The van der Waals surface area contributed by atoms with Crippen molar-refractivity contribution >= 4 is 17.6 Å². The Bertz CT molecular complexity index is 1140. The number of carboxylic acid groups (broad SMARTS) is 1. The van der Waals surface area contributed by atoms with Gasteiger partial charge in [-0.1, -0.05) is 11.6 Å². The van der Waals surface area contributed by atoms with E-state index in [1.807, 2.05) is 0 Å². The van der Waals surface area contributed by atoms with Crippen LogP contribution in [0.3, 0.4) is 0 Å². The normalized spacial score (nSPS) is 14.5. The van der Waals surface area contributed by atoms with Crippen LogP contribution in [-0.4, -0.2) is 45.9 Å². The highest BCUT2D eigenvalue weighted by Crippen LogP contribution is 2.44. The molecular weight excluding hydrogens is 414 g/mol. The summed E-state index contributed by atoms with van der Waals surface area (Å²) in [6.45, 7) is 0.970. The van der Waals surface area contributed by atoms with Crippen LogP contribution in [0.15, 0.2) is 41.7 Å². The van der Waals surface area contributed by atoms with Crippen molar-refractivity contribution in [1.82, 2.24) is 14.5 Å². The summed E-state index contributed by atoms with van der Waals surface area (Å²) >= 11 is 6.39. The summed E-state index contributed by atoms with van der Waals surface area (Å²) in [6.07, 6.45) is 4.25. The molecule has 2 N–H and O–H groups in total. The molecule has 1 aliphatic heterocycles. The number of aromatic carboxylic acids is 1. The predicted octanol–water partition coefficient (Wildman–Crippen LogP) is 2.94. The van der Waals surface area contributed by atoms with Gasteiger partial charge in [-0.3, -0.25) is 4.79 Å². The molecular formula is C20H18ClN3O6. The average molecular weight is 432 g/mol. The van der Waals surface area contributed by atoms with Crippen molar-refractivity contribution in [3.05, 3.63) is 63.4 Å². The number of benzene rings is 1. The van der Waals surface area contributed by atoms with E-state index < -0.39 is 17.6 Å². The smallest absolute Gasteiger partial charge is 0.341 e. The first kappa shape index (κ1) is 20.0. The highest BCUT2D eigenvalue weighted by atomic mass is 35.5. The number of ether oxygens (including phenoxy) is 3. The molecule has 9 nitrogen and oxygen atoms in total. The fraction of sp³-hybridized carbons (Fsp3) is 0.250. The maximum absolute atomic E-state index is 12.4. The van der Waals surface area contributed by atoms with Crippen molar-refractivity contribution in [2.24, 2.45) is 0 Å². The van der Waals surface area contributed by atoms with E-state index in [0.717, 1.165) is 0 Å². The summed E-state index contributed by atoms with van der Waals surface area (Å²) in [5.74, 6) is -0.432. The highest BCUT2D eigenvalue weighted by Gasteiger charge is 2.30. The number of methoxy groups -OCH3 is 1. The first-order chi connectivity index (χ1) is 14.5. The number of carbonyl (C=O) groups is 1. The van der Waals surface area contributed by atoms with Gasteiger partial charge in [-0.25, -0.2) is 9.78 Å². The molecule has 3 aromatic rings. The van der Waals surface area contributed by atoms with Crippen molar-refractivity contribution in [2.45, 2.75) is 12.6 Å². The SMILES string of the molecule is COCCCOc1cc2c(cc1Cl)-c1cc(=O)c(C(=O)O)cn1C(c1cnc[nH]1)O2. The Balaban J connectivity index is 1.81. The molecule has 156 valence electrons. The Kier molecular flexibility index (Phi) is 5.47. The van der Waals surface area contributed by atoms with Crippen molar-refractivity contribution < 1.29 is 24.1 Å². The number of imidazole rings is 1. The van der Waals surface area contributed by atoms with Crippen molar-refractivity contribution in [1.29, 1.82) is 0 Å². The predicted molar refractivity (Wildman–Crippen MR) is 107 cm³/mol. The van der Waals surface area contributed by atoms with Gasteiger partial charge in [0, 0.05) is 44.0 Å². The molecule has 0 aliphatic carbocycles. The number of aromatic amines is 1. The lowest BCUT2D eigenvalue weighted by Crippen LogP contribution is -2.28. The maximum Gasteiger partial charge on any atom is 0.341 e. The Labute approximate surface area is 175 Å². The number of hydrogen-bond acceptors (Lipinski definition) is 6. The van der Waals surface area contributed by atoms with Gasteiger partial charge in [0.05, 0.1) is 35.5 Å². The summed E-state index contributed by atoms with van der Waals surface area (Å²) < 4.78 is 18.4. The molecule has 0 fully saturated rings. The van der Waals surface area contributed by atoms with Crippen LogP contribution in [0.4, 0.5) is 0 Å². The fourth-order valence-electron chi connectivity index (χ4n) is 3.24. The van der Waals surface area contributed by atoms with E-state index in [1.165, 1.54) is 18.6 Å². The molecule has 3 heterocycles. The van der Waals surface area contributed by atoms with E-state index in [1.54, 1.807) is 30.0 Å². The Hall–Kier alpha value is -3.30. The Morgan fingerprint density at radius 3 is 2.90 bits per heavy atom. The lowest BCUT2D eigenvalue weighted by molar-refractivity contribution is 0.0693. The number of hydrogen-bond donors (Lipinski definition) is 2. The summed E-state index contributed by atoms with van der Waals surface area (Å²) in [5.41, 5.74) is 0.632. The first-order valence-corrected chi connectivity index (χ1v) is 9.47. The molecule has 30 heavy (non-hydrogen) atoms. The minimum absolute atomic E-state index is 0.344. The quantitative estimate of drug-likeness (QED) is 0.552. The summed E-state index contributed by atoms with van der Waals surface area (Å²) in [7, 11) is 1.62. The van der Waals surface area contributed by atoms with Gasteiger partial charge in [-0.15, -0.1) is 0 Å². The van der Waals surface area contributed by atoms with Gasteiger partial charge in [0.25, 0.3) is 0 Å². The zero-order valence-electron chi connectivity index (χ0n) is 15.9. The van der Waals surface area contributed by atoms with Crippen molar-refractivity contribution in [3.63, 3.8) is 0 Å². The third-order valence-corrected chi connectivity index (χ3v) is 4.94. The number of carboxylic acids is 1. The molecule has 0 saturated carbocycles. The maximum atomic E-state index is 12.4. The molecule has 10 heteroatoms. The van der Waals surface area contributed by atoms with Crippen LogP contribution in [-0.2, 0) is 4.74 Å². The molecule has 4 rings (SSSR count). The molecule has 1 unspecified atom stereocenters. The summed E-state index contributed by atoms with van der Waals surface area (Å²) in [4.78, 5) is 30.8. The van der Waals surface area contributed by atoms with Gasteiger partial charge in [0.1, 0.15) is 17.1 Å². The second-order valence-corrected chi connectivity index (χ2v) is 7.01. The van der Waals surface area contributed by atoms with Gasteiger partial charge >= 0.3 is 5.97 Å². The first-order valence-electron chi connectivity index (χ1n) is 9.09. The largest absolute Gasteiger partial charge is 0.492 e. The van der Waals surface area contributed by atoms with E-state index in [0.29, 0.717) is 53.1 Å². The van der Waals surface area contributed by atoms with Gasteiger partial charge in [0.15, 0.2) is 5.43 Å². The van der Waals surface area contributed by atoms with Gasteiger partial charge in [0.2, 0.25) is 6.23 Å². The molecule has 0 saturated heterocycles. The van der Waals surface area contributed by atoms with Crippen LogP contribution < -0.4 is 14.9 Å². The van der Waals surface area contributed by atoms with Gasteiger partial charge in [-0.2, -0.15) is 0 Å². The molecule has 1 atom stereocenters. The summed E-state index contributed by atoms with van der Waals surface area (Å²) in [5, 5.41) is 9.70. The average Bonchev–Trinajstić information content (AvgIpc) is 3.25. The van der Waals surface area contributed by atoms with Crippen LogP contribution in [0.1, 0.15) is 28.7 Å². The minimum Gasteiger partial charge on any atom is -0.492 e. The lowest BCUT2D eigenvalue weighted by atomic mass is 10.0. The molecule has 2 aromatic heterocycles. The zero-order valence-corrected chi connectivity index (χ0v) is 16.7. The molecule has 0 spiro atoms. The van der Waals surface area contributed by atoms with E-state index in [2.05, 4.69) is 9.97 Å². The lowest BCUT2D eigenvalue weighted by Gasteiger charge is -2.31. The van der Waals surface area contributed by atoms with Crippen LogP contribution in [0.5, 0.6) is 11.5 Å². The topological polar surface area (TPSA) is 116 Å². The number of fused-ring (bicyclic) bond motifs is 3. The fourth-order valence-corrected chi connectivity index (χ4v) is 3.46. The van der Waals surface area contributed by atoms with Crippen LogP contribution in [0.2, 0.25) is 5.02 Å². The number of nitrogens with one attached hydrogen (secondary N) is 1. The molecule has 0 bridgehead atoms. The standard InChI is InChI=1S/C20H18ClN3O6/c1-28-3-2-4-29-18-7-17-11(5-13(18)21)15-6-16(25)12(20(26)27)9-24(15)19(30-17)14-8-22-10-23-14/h5-10,19H,2-4H2,1H3,(H,22,23)(H,26,27). The number of aromatic nitrogens is 3. The summed E-state index contributed by atoms with van der Waals surface area (Å²) in [6, 6.07) is 4.56. The van der Waals surface area contributed by atoms with E-state index in [9.17, 15) is 14.7 Å². The van der Waals surface area contributed by atoms with Crippen molar-refractivity contribution in [2.75, 3.05) is 20.3 Å². The minimum atomic E-state index is -1.32. The molecule has 0 amide bonds. The highest BCUT2D eigenvalue weighted by molar-refractivity contribution is 6.32. The number of H-pyrrole nitrogens is 1.